The summed E-state index contributed by atoms with van der Waals surface area (Å²) in [6.45, 7) is 1.67. The second-order valence-corrected chi connectivity index (χ2v) is 6.50. The molecule has 0 bridgehead atoms. The number of carbonyl (C=O) groups is 2. The molecule has 1 heterocycles. The molecule has 1 fully saturated rings. The van der Waals surface area contributed by atoms with E-state index in [9.17, 15) is 18.9 Å². The Balaban J connectivity index is 0.00000155. The van der Waals surface area contributed by atoms with E-state index in [-0.39, 0.29) is 28.2 Å². The van der Waals surface area contributed by atoms with Crippen LogP contribution in [0.25, 0.3) is 0 Å². The van der Waals surface area contributed by atoms with Crippen LogP contribution >= 0.6 is 0 Å². The topological polar surface area (TPSA) is 125 Å². The number of hydrogen-bond donors (Lipinski definition) is 2. The van der Waals surface area contributed by atoms with Crippen LogP contribution in [0.2, 0.25) is 0 Å². The van der Waals surface area contributed by atoms with Gasteiger partial charge in [-0.2, -0.15) is 4.99 Å². The molecule has 0 unspecified atom stereocenters. The molecule has 0 aliphatic carbocycles. The molecule has 2 aromatic carbocycles. The zero-order valence-corrected chi connectivity index (χ0v) is 16.5. The van der Waals surface area contributed by atoms with Gasteiger partial charge in [0.1, 0.15) is 17.3 Å². The highest BCUT2D eigenvalue weighted by Gasteiger charge is 2.17. The van der Waals surface area contributed by atoms with Crippen molar-refractivity contribution in [1.29, 1.82) is 0 Å². The number of amides is 1. The molecule has 1 saturated heterocycles. The Kier molecular flexibility index (Phi) is 8.30. The van der Waals surface area contributed by atoms with Gasteiger partial charge in [-0.1, -0.05) is 6.07 Å². The molecule has 0 aromatic heterocycles. The maximum Gasteiger partial charge on any atom is 0.279 e. The van der Waals surface area contributed by atoms with Crippen LogP contribution in [0.3, 0.4) is 0 Å². The third-order valence-corrected chi connectivity index (χ3v) is 4.66. The summed E-state index contributed by atoms with van der Waals surface area (Å²) in [4.78, 5) is 40.2. The van der Waals surface area contributed by atoms with Crippen molar-refractivity contribution in [2.45, 2.75) is 19.3 Å². The molecule has 0 saturated carbocycles. The quantitative estimate of drug-likeness (QED) is 0.335. The number of rotatable bonds is 5. The fourth-order valence-corrected chi connectivity index (χ4v) is 3.15. The van der Waals surface area contributed by atoms with Crippen molar-refractivity contribution in [3.8, 4) is 0 Å². The van der Waals surface area contributed by atoms with Gasteiger partial charge in [0.2, 0.25) is 0 Å². The van der Waals surface area contributed by atoms with Crippen molar-refractivity contribution in [2.24, 2.45) is 15.9 Å². The molecule has 9 heteroatoms. The van der Waals surface area contributed by atoms with E-state index in [1.807, 2.05) is 0 Å². The molecule has 158 valence electrons. The Labute approximate surface area is 173 Å². The van der Waals surface area contributed by atoms with Gasteiger partial charge in [0, 0.05) is 31.3 Å². The van der Waals surface area contributed by atoms with Gasteiger partial charge < -0.3 is 15.7 Å². The minimum Gasteiger partial charge on any atom is -0.400 e. The van der Waals surface area contributed by atoms with Gasteiger partial charge in [-0.05, 0) is 54.8 Å². The lowest BCUT2D eigenvalue weighted by Gasteiger charge is -2.29. The lowest BCUT2D eigenvalue weighted by Crippen LogP contribution is -2.29. The fourth-order valence-electron chi connectivity index (χ4n) is 3.15. The Morgan fingerprint density at radius 1 is 1.10 bits per heavy atom. The molecule has 1 amide bonds. The van der Waals surface area contributed by atoms with E-state index in [1.54, 1.807) is 12.1 Å². The summed E-state index contributed by atoms with van der Waals surface area (Å²) in [6.07, 6.45) is 3.62. The van der Waals surface area contributed by atoms with Gasteiger partial charge in [0.05, 0.1) is 11.3 Å². The molecule has 1 aliphatic rings. The van der Waals surface area contributed by atoms with Gasteiger partial charge in [-0.3, -0.25) is 9.59 Å². The zero-order valence-electron chi connectivity index (χ0n) is 16.5. The first-order chi connectivity index (χ1) is 14.5. The van der Waals surface area contributed by atoms with E-state index in [0.29, 0.717) is 12.0 Å². The molecular weight excluding hydrogens is 391 g/mol. The van der Waals surface area contributed by atoms with Gasteiger partial charge in [-0.25, -0.2) is 4.39 Å². The number of aliphatic imine (C=N–C) groups is 1. The maximum absolute atomic E-state index is 13.7. The number of nitrogens with zero attached hydrogens (tertiary/aromatic N) is 3. The summed E-state index contributed by atoms with van der Waals surface area (Å²) in [7, 11) is 1.00. The van der Waals surface area contributed by atoms with Crippen molar-refractivity contribution in [3.63, 3.8) is 0 Å². The van der Waals surface area contributed by atoms with Crippen molar-refractivity contribution in [3.05, 3.63) is 63.8 Å². The Bertz CT molecular complexity index is 956. The largest absolute Gasteiger partial charge is 0.400 e. The van der Waals surface area contributed by atoms with E-state index in [1.165, 1.54) is 18.2 Å². The third kappa shape index (κ3) is 5.32. The van der Waals surface area contributed by atoms with Crippen LogP contribution in [0.4, 0.5) is 15.8 Å². The van der Waals surface area contributed by atoms with Crippen LogP contribution in [-0.4, -0.2) is 43.3 Å². The number of halogens is 1. The van der Waals surface area contributed by atoms with Crippen LogP contribution in [0, 0.1) is 10.7 Å². The SMILES string of the molecule is CO.NC(=NC(=O)c1ccc(N2CCCCC2)c(N=O)c1)c1ccc(C=O)c(F)c1. The molecule has 0 atom stereocenters. The van der Waals surface area contributed by atoms with Crippen molar-refractivity contribution < 1.29 is 19.1 Å². The Morgan fingerprint density at radius 3 is 2.37 bits per heavy atom. The molecule has 3 rings (SSSR count). The van der Waals surface area contributed by atoms with Gasteiger partial charge in [0.15, 0.2) is 6.29 Å². The van der Waals surface area contributed by atoms with E-state index in [4.69, 9.17) is 10.8 Å². The second-order valence-electron chi connectivity index (χ2n) is 6.50. The number of hydrogen-bond acceptors (Lipinski definition) is 6. The van der Waals surface area contributed by atoms with Crippen LogP contribution < -0.4 is 10.6 Å². The third-order valence-electron chi connectivity index (χ3n) is 4.66. The van der Waals surface area contributed by atoms with Gasteiger partial charge >= 0.3 is 0 Å². The normalized spacial score (nSPS) is 13.8. The average Bonchev–Trinajstić information content (AvgIpc) is 2.80. The first-order valence-corrected chi connectivity index (χ1v) is 9.34. The number of aliphatic hydroxyl groups excluding tert-OH is 1. The number of piperidine rings is 1. The molecule has 30 heavy (non-hydrogen) atoms. The van der Waals surface area contributed by atoms with Gasteiger partial charge in [-0.15, -0.1) is 4.91 Å². The second kappa shape index (κ2) is 10.9. The van der Waals surface area contributed by atoms with Crippen LogP contribution in [-0.2, 0) is 0 Å². The average molecular weight is 414 g/mol. The summed E-state index contributed by atoms with van der Waals surface area (Å²) < 4.78 is 13.7. The number of nitroso groups, excluding NO2 is 1. The zero-order chi connectivity index (χ0) is 22.1. The van der Waals surface area contributed by atoms with Gasteiger partial charge in [0.25, 0.3) is 5.91 Å². The Hall–Kier alpha value is -3.46. The molecule has 2 aromatic rings. The Morgan fingerprint density at radius 2 is 1.77 bits per heavy atom. The van der Waals surface area contributed by atoms with E-state index in [0.717, 1.165) is 45.5 Å². The number of amidine groups is 1. The molecule has 8 nitrogen and oxygen atoms in total. The number of nitrogens with two attached hydrogens (primary N) is 1. The molecule has 1 aliphatic heterocycles. The van der Waals surface area contributed by atoms with Crippen molar-refractivity contribution >= 4 is 29.4 Å². The first kappa shape index (κ1) is 22.8. The highest BCUT2D eigenvalue weighted by molar-refractivity contribution is 6.09. The van der Waals surface area contributed by atoms with Crippen LogP contribution in [0.1, 0.15) is 45.5 Å². The number of benzene rings is 2. The molecule has 3 N–H and O–H groups in total. The molecule has 0 spiro atoms. The monoisotopic (exact) mass is 414 g/mol. The number of aldehydes is 1. The fraction of sp³-hybridized carbons (Fsp3) is 0.286. The number of anilines is 1. The number of carbonyl (C=O) groups excluding carboxylic acids is 2. The maximum atomic E-state index is 13.7. The highest BCUT2D eigenvalue weighted by atomic mass is 19.1. The first-order valence-electron chi connectivity index (χ1n) is 9.34. The van der Waals surface area contributed by atoms with E-state index in [2.05, 4.69) is 15.1 Å². The van der Waals surface area contributed by atoms with E-state index < -0.39 is 11.7 Å². The smallest absolute Gasteiger partial charge is 0.279 e. The summed E-state index contributed by atoms with van der Waals surface area (Å²) in [6, 6.07) is 8.32. The standard InChI is InChI=1S/C20H19FN4O3.CH4O/c21-16-10-13(4-5-15(16)12-26)19(22)23-20(27)14-6-7-18(17(11-14)24-28)25-8-2-1-3-9-25;1-2/h4-7,10-12H,1-3,8-9H2,(H2,22,23,27);2H,1H3. The van der Waals surface area contributed by atoms with Crippen LogP contribution in [0.5, 0.6) is 0 Å². The van der Waals surface area contributed by atoms with E-state index >= 15 is 0 Å². The van der Waals surface area contributed by atoms with Crippen LogP contribution in [0.15, 0.2) is 46.6 Å². The summed E-state index contributed by atoms with van der Waals surface area (Å²) in [5.41, 5.74) is 6.87. The van der Waals surface area contributed by atoms with Crippen molar-refractivity contribution in [1.82, 2.24) is 0 Å². The minimum atomic E-state index is -0.753. The predicted octanol–water partition coefficient (Wildman–Crippen LogP) is 3.18. The summed E-state index contributed by atoms with van der Waals surface area (Å²) >= 11 is 0. The molecule has 0 radical (unpaired) electrons. The highest BCUT2D eigenvalue weighted by Crippen LogP contribution is 2.32. The summed E-state index contributed by atoms with van der Waals surface area (Å²) in [5.74, 6) is -1.62. The molecular formula is C21H23FN4O4. The van der Waals surface area contributed by atoms with Crippen molar-refractivity contribution in [2.75, 3.05) is 25.1 Å². The lowest BCUT2D eigenvalue weighted by atomic mass is 10.1. The summed E-state index contributed by atoms with van der Waals surface area (Å²) in [5, 5.41) is 10.1. The predicted molar refractivity (Wildman–Crippen MR) is 113 cm³/mol. The number of aliphatic hydroxyl groups is 1. The lowest BCUT2D eigenvalue weighted by molar-refractivity contribution is 0.100. The minimum absolute atomic E-state index is 0.113.